The lowest BCUT2D eigenvalue weighted by Crippen LogP contribution is -2.25. The minimum atomic E-state index is 0.885. The third-order valence-electron chi connectivity index (χ3n) is 3.54. The molecule has 2 heteroatoms. The molecule has 1 saturated heterocycles. The van der Waals surface area contributed by atoms with E-state index in [2.05, 4.69) is 24.1 Å². The van der Waals surface area contributed by atoms with E-state index in [1.807, 2.05) is 0 Å². The van der Waals surface area contributed by atoms with Gasteiger partial charge in [-0.1, -0.05) is 20.3 Å². The fourth-order valence-corrected chi connectivity index (χ4v) is 2.11. The van der Waals surface area contributed by atoms with Crippen molar-refractivity contribution in [3.05, 3.63) is 0 Å². The lowest BCUT2D eigenvalue weighted by molar-refractivity contribution is 0.330. The van der Waals surface area contributed by atoms with Crippen molar-refractivity contribution in [2.45, 2.75) is 46.0 Å². The topological polar surface area (TPSA) is 15.3 Å². The highest BCUT2D eigenvalue weighted by Crippen LogP contribution is 2.07. The van der Waals surface area contributed by atoms with Crippen LogP contribution in [-0.2, 0) is 0 Å². The first-order valence-corrected chi connectivity index (χ1v) is 6.76. The summed E-state index contributed by atoms with van der Waals surface area (Å²) < 4.78 is 0. The fraction of sp³-hybridized carbons (Fsp3) is 1.00. The Kier molecular flexibility index (Phi) is 7.03. The predicted molar refractivity (Wildman–Crippen MR) is 67.2 cm³/mol. The molecule has 0 amide bonds. The lowest BCUT2D eigenvalue weighted by Gasteiger charge is -2.14. The summed E-state index contributed by atoms with van der Waals surface area (Å²) in [5.74, 6) is 0.885. The summed E-state index contributed by atoms with van der Waals surface area (Å²) in [4.78, 5) is 2.59. The summed E-state index contributed by atoms with van der Waals surface area (Å²) in [5, 5.41) is 3.55. The van der Waals surface area contributed by atoms with Crippen LogP contribution in [0.5, 0.6) is 0 Å². The maximum absolute atomic E-state index is 3.55. The van der Waals surface area contributed by atoms with Gasteiger partial charge in [0.15, 0.2) is 0 Å². The number of nitrogens with zero attached hydrogens (tertiary/aromatic N) is 1. The average Bonchev–Trinajstić information content (AvgIpc) is 2.75. The van der Waals surface area contributed by atoms with Crippen LogP contribution in [-0.4, -0.2) is 37.6 Å². The third-order valence-corrected chi connectivity index (χ3v) is 3.54. The van der Waals surface area contributed by atoms with Crippen LogP contribution in [0.3, 0.4) is 0 Å². The van der Waals surface area contributed by atoms with Crippen molar-refractivity contribution in [1.29, 1.82) is 0 Å². The fourth-order valence-electron chi connectivity index (χ4n) is 2.11. The van der Waals surface area contributed by atoms with Gasteiger partial charge in [0.2, 0.25) is 0 Å². The van der Waals surface area contributed by atoms with Crippen molar-refractivity contribution in [3.8, 4) is 0 Å². The molecule has 1 fully saturated rings. The van der Waals surface area contributed by atoms with E-state index in [9.17, 15) is 0 Å². The molecule has 1 aliphatic rings. The zero-order valence-corrected chi connectivity index (χ0v) is 10.6. The standard InChI is InChI=1S/C13H28N2/c1-3-13(2)7-9-14-8-6-12-15-10-4-5-11-15/h13-14H,3-12H2,1-2H3. The first kappa shape index (κ1) is 13.0. The maximum Gasteiger partial charge on any atom is -0.000664 e. The zero-order valence-electron chi connectivity index (χ0n) is 10.6. The van der Waals surface area contributed by atoms with Gasteiger partial charge in [-0.25, -0.2) is 0 Å². The maximum atomic E-state index is 3.55. The van der Waals surface area contributed by atoms with Gasteiger partial charge in [0, 0.05) is 0 Å². The molecule has 15 heavy (non-hydrogen) atoms. The van der Waals surface area contributed by atoms with Gasteiger partial charge in [-0.05, 0) is 64.3 Å². The number of likely N-dealkylation sites (tertiary alicyclic amines) is 1. The summed E-state index contributed by atoms with van der Waals surface area (Å²) >= 11 is 0. The predicted octanol–water partition coefficient (Wildman–Crippen LogP) is 2.50. The Bertz CT molecular complexity index is 141. The largest absolute Gasteiger partial charge is 0.317 e. The highest BCUT2D eigenvalue weighted by Gasteiger charge is 2.09. The Labute approximate surface area is 95.4 Å². The Morgan fingerprint density at radius 3 is 2.60 bits per heavy atom. The van der Waals surface area contributed by atoms with Crippen molar-refractivity contribution in [3.63, 3.8) is 0 Å². The Balaban J connectivity index is 1.80. The Morgan fingerprint density at radius 1 is 1.20 bits per heavy atom. The lowest BCUT2D eigenvalue weighted by atomic mass is 10.1. The molecule has 0 aromatic rings. The molecule has 2 nitrogen and oxygen atoms in total. The van der Waals surface area contributed by atoms with Crippen LogP contribution < -0.4 is 5.32 Å². The van der Waals surface area contributed by atoms with Gasteiger partial charge in [0.05, 0.1) is 0 Å². The van der Waals surface area contributed by atoms with E-state index in [1.54, 1.807) is 0 Å². The second-order valence-electron chi connectivity index (χ2n) is 4.95. The van der Waals surface area contributed by atoms with Crippen molar-refractivity contribution in [2.24, 2.45) is 5.92 Å². The highest BCUT2D eigenvalue weighted by atomic mass is 15.1. The SMILES string of the molecule is CCC(C)CCNCCCN1CCCC1. The van der Waals surface area contributed by atoms with Crippen molar-refractivity contribution >= 4 is 0 Å². The van der Waals surface area contributed by atoms with Crippen LogP contribution in [0.15, 0.2) is 0 Å². The molecule has 90 valence electrons. The van der Waals surface area contributed by atoms with Gasteiger partial charge in [0.1, 0.15) is 0 Å². The summed E-state index contributed by atoms with van der Waals surface area (Å²) in [6.45, 7) is 11.0. The first-order valence-electron chi connectivity index (χ1n) is 6.76. The molecule has 1 unspecified atom stereocenters. The molecular formula is C13H28N2. The second-order valence-corrected chi connectivity index (χ2v) is 4.95. The van der Waals surface area contributed by atoms with Gasteiger partial charge in [-0.2, -0.15) is 0 Å². The van der Waals surface area contributed by atoms with Gasteiger partial charge in [-0.3, -0.25) is 0 Å². The molecule has 0 spiro atoms. The van der Waals surface area contributed by atoms with Gasteiger partial charge in [-0.15, -0.1) is 0 Å². The van der Waals surface area contributed by atoms with Crippen LogP contribution in [0.2, 0.25) is 0 Å². The molecular weight excluding hydrogens is 184 g/mol. The minimum absolute atomic E-state index is 0.885. The monoisotopic (exact) mass is 212 g/mol. The van der Waals surface area contributed by atoms with E-state index >= 15 is 0 Å². The Hall–Kier alpha value is -0.0800. The van der Waals surface area contributed by atoms with Crippen LogP contribution in [0.25, 0.3) is 0 Å². The number of hydrogen-bond donors (Lipinski definition) is 1. The molecule has 1 heterocycles. The zero-order chi connectivity index (χ0) is 10.9. The minimum Gasteiger partial charge on any atom is -0.317 e. The van der Waals surface area contributed by atoms with E-state index in [-0.39, 0.29) is 0 Å². The Morgan fingerprint density at radius 2 is 1.93 bits per heavy atom. The van der Waals surface area contributed by atoms with Crippen molar-refractivity contribution < 1.29 is 0 Å². The van der Waals surface area contributed by atoms with Crippen LogP contribution >= 0.6 is 0 Å². The van der Waals surface area contributed by atoms with E-state index in [0.29, 0.717) is 0 Å². The van der Waals surface area contributed by atoms with Gasteiger partial charge >= 0.3 is 0 Å². The third kappa shape index (κ3) is 6.16. The quantitative estimate of drug-likeness (QED) is 0.622. The number of nitrogens with one attached hydrogen (secondary N) is 1. The molecule has 1 N–H and O–H groups in total. The summed E-state index contributed by atoms with van der Waals surface area (Å²) in [6, 6.07) is 0. The first-order chi connectivity index (χ1) is 7.33. The van der Waals surface area contributed by atoms with Gasteiger partial charge in [0.25, 0.3) is 0 Å². The molecule has 0 bridgehead atoms. The normalized spacial score (nSPS) is 19.6. The van der Waals surface area contributed by atoms with E-state index in [0.717, 1.165) is 5.92 Å². The molecule has 0 aliphatic carbocycles. The van der Waals surface area contributed by atoms with Crippen LogP contribution in [0, 0.1) is 5.92 Å². The van der Waals surface area contributed by atoms with E-state index < -0.39 is 0 Å². The molecule has 1 atom stereocenters. The van der Waals surface area contributed by atoms with Gasteiger partial charge < -0.3 is 10.2 Å². The molecule has 0 radical (unpaired) electrons. The number of rotatable bonds is 8. The van der Waals surface area contributed by atoms with E-state index in [4.69, 9.17) is 0 Å². The van der Waals surface area contributed by atoms with Crippen LogP contribution in [0.4, 0.5) is 0 Å². The summed E-state index contributed by atoms with van der Waals surface area (Å²) in [6.07, 6.45) is 6.80. The smallest absolute Gasteiger partial charge is 0.000664 e. The second kappa shape index (κ2) is 8.12. The highest BCUT2D eigenvalue weighted by molar-refractivity contribution is 4.66. The van der Waals surface area contributed by atoms with Crippen molar-refractivity contribution in [1.82, 2.24) is 10.2 Å². The molecule has 1 aliphatic heterocycles. The van der Waals surface area contributed by atoms with Crippen molar-refractivity contribution in [2.75, 3.05) is 32.7 Å². The molecule has 0 aromatic carbocycles. The molecule has 1 rings (SSSR count). The van der Waals surface area contributed by atoms with E-state index in [1.165, 1.54) is 64.8 Å². The number of hydrogen-bond acceptors (Lipinski definition) is 2. The van der Waals surface area contributed by atoms with Crippen LogP contribution in [0.1, 0.15) is 46.0 Å². The average molecular weight is 212 g/mol. The summed E-state index contributed by atoms with van der Waals surface area (Å²) in [5.41, 5.74) is 0. The molecule has 0 saturated carbocycles. The summed E-state index contributed by atoms with van der Waals surface area (Å²) in [7, 11) is 0. The molecule has 0 aromatic heterocycles.